The second-order valence-electron chi connectivity index (χ2n) is 4.84. The van der Waals surface area contributed by atoms with Gasteiger partial charge in [-0.2, -0.15) is 5.10 Å². The smallest absolute Gasteiger partial charge is 0.308 e. The summed E-state index contributed by atoms with van der Waals surface area (Å²) in [6.45, 7) is 0.0813. The van der Waals surface area contributed by atoms with E-state index >= 15 is 0 Å². The first-order chi connectivity index (χ1) is 10.1. The molecule has 2 N–H and O–H groups in total. The molecule has 0 saturated carbocycles. The molecule has 1 aromatic carbocycles. The van der Waals surface area contributed by atoms with Crippen molar-refractivity contribution in [2.24, 2.45) is 13.0 Å². The highest BCUT2D eigenvalue weighted by molar-refractivity contribution is 5.93. The van der Waals surface area contributed by atoms with Gasteiger partial charge < -0.3 is 10.4 Å². The van der Waals surface area contributed by atoms with Gasteiger partial charge in [0, 0.05) is 19.8 Å². The molecule has 2 aromatic rings. The standard InChI is InChI=1S/C15H17N3O3/c1-18-10-13(9-17-18)14(19)16-8-12(15(20)21)7-11-5-3-2-4-6-11/h2-6,9-10,12H,7-8H2,1H3,(H,16,19)(H,20,21). The Morgan fingerprint density at radius 2 is 2.05 bits per heavy atom. The number of aryl methyl sites for hydroxylation is 1. The van der Waals surface area contributed by atoms with E-state index in [4.69, 9.17) is 0 Å². The average Bonchev–Trinajstić information content (AvgIpc) is 2.90. The van der Waals surface area contributed by atoms with E-state index in [-0.39, 0.29) is 12.5 Å². The maximum absolute atomic E-state index is 11.9. The van der Waals surface area contributed by atoms with E-state index in [1.165, 1.54) is 10.9 Å². The lowest BCUT2D eigenvalue weighted by molar-refractivity contribution is -0.141. The summed E-state index contributed by atoms with van der Waals surface area (Å²) in [5.74, 6) is -1.90. The summed E-state index contributed by atoms with van der Waals surface area (Å²) < 4.78 is 1.52. The summed E-state index contributed by atoms with van der Waals surface area (Å²) in [7, 11) is 1.71. The van der Waals surface area contributed by atoms with Crippen molar-refractivity contribution in [1.82, 2.24) is 15.1 Å². The normalized spacial score (nSPS) is 11.9. The van der Waals surface area contributed by atoms with Crippen LogP contribution in [0, 0.1) is 5.92 Å². The third-order valence-electron chi connectivity index (χ3n) is 3.15. The minimum absolute atomic E-state index is 0.0813. The number of aliphatic carboxylic acids is 1. The van der Waals surface area contributed by atoms with Crippen molar-refractivity contribution in [3.05, 3.63) is 53.9 Å². The van der Waals surface area contributed by atoms with Crippen LogP contribution in [0.25, 0.3) is 0 Å². The van der Waals surface area contributed by atoms with E-state index in [0.29, 0.717) is 12.0 Å². The highest BCUT2D eigenvalue weighted by Gasteiger charge is 2.19. The van der Waals surface area contributed by atoms with Crippen LogP contribution in [0.3, 0.4) is 0 Å². The highest BCUT2D eigenvalue weighted by atomic mass is 16.4. The van der Waals surface area contributed by atoms with E-state index in [1.54, 1.807) is 13.2 Å². The zero-order valence-electron chi connectivity index (χ0n) is 11.7. The SMILES string of the molecule is Cn1cc(C(=O)NCC(Cc2ccccc2)C(=O)O)cn1. The van der Waals surface area contributed by atoms with Gasteiger partial charge in [-0.1, -0.05) is 30.3 Å². The van der Waals surface area contributed by atoms with Gasteiger partial charge >= 0.3 is 5.97 Å². The molecule has 110 valence electrons. The molecule has 1 aromatic heterocycles. The molecule has 1 heterocycles. The number of carboxylic acids is 1. The molecule has 0 saturated heterocycles. The van der Waals surface area contributed by atoms with Gasteiger partial charge in [0.15, 0.2) is 0 Å². The quantitative estimate of drug-likeness (QED) is 0.833. The zero-order chi connectivity index (χ0) is 15.2. The molecule has 0 radical (unpaired) electrons. The number of carbonyl (C=O) groups is 2. The fourth-order valence-corrected chi connectivity index (χ4v) is 2.00. The molecule has 2 rings (SSSR count). The molecule has 0 bridgehead atoms. The minimum atomic E-state index is -0.926. The van der Waals surface area contributed by atoms with E-state index in [9.17, 15) is 14.7 Å². The molecule has 1 atom stereocenters. The largest absolute Gasteiger partial charge is 0.481 e. The van der Waals surface area contributed by atoms with Crippen LogP contribution >= 0.6 is 0 Å². The number of rotatable bonds is 6. The van der Waals surface area contributed by atoms with E-state index in [0.717, 1.165) is 5.56 Å². The summed E-state index contributed by atoms with van der Waals surface area (Å²) in [5, 5.41) is 15.8. The van der Waals surface area contributed by atoms with Crippen molar-refractivity contribution in [3.63, 3.8) is 0 Å². The van der Waals surface area contributed by atoms with Gasteiger partial charge in [-0.25, -0.2) is 0 Å². The van der Waals surface area contributed by atoms with Gasteiger partial charge in [0.25, 0.3) is 5.91 Å². The number of benzene rings is 1. The van der Waals surface area contributed by atoms with Gasteiger partial charge in [0.1, 0.15) is 0 Å². The average molecular weight is 287 g/mol. The van der Waals surface area contributed by atoms with Gasteiger partial charge in [0.05, 0.1) is 17.7 Å². The lowest BCUT2D eigenvalue weighted by Crippen LogP contribution is -2.34. The number of nitrogens with one attached hydrogen (secondary N) is 1. The molecule has 21 heavy (non-hydrogen) atoms. The fraction of sp³-hybridized carbons (Fsp3) is 0.267. The van der Waals surface area contributed by atoms with Crippen molar-refractivity contribution in [2.75, 3.05) is 6.54 Å². The third kappa shape index (κ3) is 4.17. The summed E-state index contributed by atoms with van der Waals surface area (Å²) in [5.41, 5.74) is 1.35. The number of carbonyl (C=O) groups excluding carboxylic acids is 1. The Labute approximate surface area is 122 Å². The summed E-state index contributed by atoms with van der Waals surface area (Å²) >= 11 is 0. The Kier molecular flexibility index (Phi) is 4.71. The maximum Gasteiger partial charge on any atom is 0.308 e. The van der Waals surface area contributed by atoms with Crippen LogP contribution in [0.5, 0.6) is 0 Å². The van der Waals surface area contributed by atoms with Crippen LogP contribution in [0.15, 0.2) is 42.7 Å². The van der Waals surface area contributed by atoms with E-state index < -0.39 is 11.9 Å². The molecule has 1 unspecified atom stereocenters. The molecule has 0 aliphatic rings. The van der Waals surface area contributed by atoms with Gasteiger partial charge in [-0.15, -0.1) is 0 Å². The van der Waals surface area contributed by atoms with Crippen molar-refractivity contribution in [2.45, 2.75) is 6.42 Å². The predicted molar refractivity (Wildman–Crippen MR) is 76.8 cm³/mol. The Bertz CT molecular complexity index is 622. The lowest BCUT2D eigenvalue weighted by atomic mass is 9.99. The number of nitrogens with zero attached hydrogens (tertiary/aromatic N) is 2. The first-order valence-electron chi connectivity index (χ1n) is 6.60. The number of hydrogen-bond acceptors (Lipinski definition) is 3. The summed E-state index contributed by atoms with van der Waals surface area (Å²) in [6, 6.07) is 9.35. The second kappa shape index (κ2) is 6.69. The van der Waals surface area contributed by atoms with Gasteiger partial charge in [-0.3, -0.25) is 14.3 Å². The number of amides is 1. The molecule has 0 aliphatic heterocycles. The molecule has 1 amide bonds. The Hall–Kier alpha value is -2.63. The van der Waals surface area contributed by atoms with Crippen LogP contribution < -0.4 is 5.32 Å². The van der Waals surface area contributed by atoms with Crippen molar-refractivity contribution in [3.8, 4) is 0 Å². The molecule has 0 fully saturated rings. The predicted octanol–water partition coefficient (Wildman–Crippen LogP) is 1.09. The van der Waals surface area contributed by atoms with Crippen molar-refractivity contribution < 1.29 is 14.7 Å². The number of carboxylic acid groups (broad SMARTS) is 1. The number of aromatic nitrogens is 2. The fourth-order valence-electron chi connectivity index (χ4n) is 2.00. The van der Waals surface area contributed by atoms with Crippen LogP contribution in [-0.4, -0.2) is 33.3 Å². The van der Waals surface area contributed by atoms with Gasteiger partial charge in [0.2, 0.25) is 0 Å². The molecular weight excluding hydrogens is 270 g/mol. The van der Waals surface area contributed by atoms with Crippen LogP contribution in [0.2, 0.25) is 0 Å². The molecule has 6 nitrogen and oxygen atoms in total. The highest BCUT2D eigenvalue weighted by Crippen LogP contribution is 2.09. The monoisotopic (exact) mass is 287 g/mol. The maximum atomic E-state index is 11.9. The van der Waals surface area contributed by atoms with E-state index in [2.05, 4.69) is 10.4 Å². The Morgan fingerprint density at radius 1 is 1.33 bits per heavy atom. The Balaban J connectivity index is 1.94. The van der Waals surface area contributed by atoms with Crippen LogP contribution in [0.4, 0.5) is 0 Å². The Morgan fingerprint density at radius 3 is 2.62 bits per heavy atom. The zero-order valence-corrected chi connectivity index (χ0v) is 11.7. The van der Waals surface area contributed by atoms with Crippen LogP contribution in [-0.2, 0) is 18.3 Å². The van der Waals surface area contributed by atoms with E-state index in [1.807, 2.05) is 30.3 Å². The molecule has 0 aliphatic carbocycles. The lowest BCUT2D eigenvalue weighted by Gasteiger charge is -2.13. The molecule has 0 spiro atoms. The summed E-state index contributed by atoms with van der Waals surface area (Å²) in [6.07, 6.45) is 3.41. The molecule has 6 heteroatoms. The van der Waals surface area contributed by atoms with Crippen LogP contribution in [0.1, 0.15) is 15.9 Å². The first-order valence-corrected chi connectivity index (χ1v) is 6.60. The number of hydrogen-bond donors (Lipinski definition) is 2. The van der Waals surface area contributed by atoms with Crippen molar-refractivity contribution in [1.29, 1.82) is 0 Å². The third-order valence-corrected chi connectivity index (χ3v) is 3.15. The van der Waals surface area contributed by atoms with Crippen molar-refractivity contribution >= 4 is 11.9 Å². The summed E-state index contributed by atoms with van der Waals surface area (Å²) in [4.78, 5) is 23.2. The van der Waals surface area contributed by atoms with Gasteiger partial charge in [-0.05, 0) is 12.0 Å². The first kappa shape index (κ1) is 14.8. The molecular formula is C15H17N3O3. The minimum Gasteiger partial charge on any atom is -0.481 e. The topological polar surface area (TPSA) is 84.2 Å². The second-order valence-corrected chi connectivity index (χ2v) is 4.84.